The molecule has 0 aliphatic rings. The highest BCUT2D eigenvalue weighted by atomic mass is 32.1. The van der Waals surface area contributed by atoms with Crippen LogP contribution in [0.15, 0.2) is 65.5 Å². The lowest BCUT2D eigenvalue weighted by Crippen LogP contribution is -2.28. The molecule has 30 heavy (non-hydrogen) atoms. The third-order valence-electron chi connectivity index (χ3n) is 4.98. The zero-order chi connectivity index (χ0) is 21.5. The summed E-state index contributed by atoms with van der Waals surface area (Å²) in [4.78, 5) is 13.6. The SMILES string of the molecule is Cc1c(-c2cc(C(F)(F)F)c(C#N)c(=O)n2Cc2ccccc2)sc2ccccc12. The third-order valence-corrected chi connectivity index (χ3v) is 6.27. The van der Waals surface area contributed by atoms with E-state index >= 15 is 0 Å². The molecule has 4 rings (SSSR count). The molecule has 0 amide bonds. The largest absolute Gasteiger partial charge is 0.417 e. The summed E-state index contributed by atoms with van der Waals surface area (Å²) in [5, 5.41) is 10.2. The van der Waals surface area contributed by atoms with Crippen molar-refractivity contribution < 1.29 is 13.2 Å². The van der Waals surface area contributed by atoms with Crippen molar-refractivity contribution in [2.45, 2.75) is 19.6 Å². The number of halogens is 3. The first-order valence-corrected chi connectivity index (χ1v) is 9.90. The van der Waals surface area contributed by atoms with Crippen LogP contribution in [0, 0.1) is 18.3 Å². The van der Waals surface area contributed by atoms with E-state index in [1.165, 1.54) is 22.0 Å². The molecule has 7 heteroatoms. The second kappa shape index (κ2) is 7.47. The molecule has 0 spiro atoms. The summed E-state index contributed by atoms with van der Waals surface area (Å²) < 4.78 is 43.2. The number of thiophene rings is 1. The molecule has 4 aromatic rings. The molecule has 0 bridgehead atoms. The summed E-state index contributed by atoms with van der Waals surface area (Å²) in [6.07, 6.45) is -4.81. The number of fused-ring (bicyclic) bond motifs is 1. The van der Waals surface area contributed by atoms with Crippen molar-refractivity contribution in [1.29, 1.82) is 5.26 Å². The van der Waals surface area contributed by atoms with Crippen LogP contribution in [-0.4, -0.2) is 4.57 Å². The Hall–Kier alpha value is -3.37. The van der Waals surface area contributed by atoms with Crippen LogP contribution in [0.1, 0.15) is 22.3 Å². The van der Waals surface area contributed by atoms with E-state index in [1.807, 2.05) is 37.3 Å². The summed E-state index contributed by atoms with van der Waals surface area (Å²) >= 11 is 1.33. The fourth-order valence-electron chi connectivity index (χ4n) is 3.51. The van der Waals surface area contributed by atoms with E-state index in [-0.39, 0.29) is 12.2 Å². The number of benzene rings is 2. The first-order chi connectivity index (χ1) is 14.3. The topological polar surface area (TPSA) is 45.8 Å². The van der Waals surface area contributed by atoms with Gasteiger partial charge in [0.05, 0.1) is 22.7 Å². The zero-order valence-corrected chi connectivity index (χ0v) is 16.6. The molecule has 0 saturated heterocycles. The molecule has 2 aromatic heterocycles. The quantitative estimate of drug-likeness (QED) is 0.406. The van der Waals surface area contributed by atoms with Crippen LogP contribution in [0.4, 0.5) is 13.2 Å². The number of pyridine rings is 1. The van der Waals surface area contributed by atoms with Crippen LogP contribution in [0.5, 0.6) is 0 Å². The molecule has 150 valence electrons. The fraction of sp³-hybridized carbons (Fsp3) is 0.130. The summed E-state index contributed by atoms with van der Waals surface area (Å²) in [6, 6.07) is 18.9. The molecule has 0 saturated carbocycles. The van der Waals surface area contributed by atoms with E-state index in [0.717, 1.165) is 27.3 Å². The number of aromatic nitrogens is 1. The van der Waals surface area contributed by atoms with Gasteiger partial charge in [0.15, 0.2) is 0 Å². The Balaban J connectivity index is 2.06. The second-order valence-electron chi connectivity index (χ2n) is 6.86. The highest BCUT2D eigenvalue weighted by Gasteiger charge is 2.37. The molecule has 2 heterocycles. The van der Waals surface area contributed by atoms with E-state index in [9.17, 15) is 23.2 Å². The smallest absolute Gasteiger partial charge is 0.302 e. The monoisotopic (exact) mass is 424 g/mol. The Labute approximate surface area is 174 Å². The van der Waals surface area contributed by atoms with Crippen molar-refractivity contribution in [1.82, 2.24) is 4.57 Å². The van der Waals surface area contributed by atoms with Crippen LogP contribution >= 0.6 is 11.3 Å². The van der Waals surface area contributed by atoms with Crippen molar-refractivity contribution in [3.63, 3.8) is 0 Å². The van der Waals surface area contributed by atoms with Gasteiger partial charge in [-0.1, -0.05) is 48.5 Å². The maximum atomic E-state index is 13.7. The number of alkyl halides is 3. The molecule has 0 unspecified atom stereocenters. The Morgan fingerprint density at radius 3 is 2.37 bits per heavy atom. The molecule has 2 aromatic carbocycles. The Morgan fingerprint density at radius 2 is 1.73 bits per heavy atom. The summed E-state index contributed by atoms with van der Waals surface area (Å²) in [5.41, 5.74) is -1.32. The van der Waals surface area contributed by atoms with Gasteiger partial charge in [-0.3, -0.25) is 4.79 Å². The predicted octanol–water partition coefficient (Wildman–Crippen LogP) is 5.98. The lowest BCUT2D eigenvalue weighted by atomic mass is 10.0. The highest BCUT2D eigenvalue weighted by Crippen LogP contribution is 2.40. The van der Waals surface area contributed by atoms with Crippen molar-refractivity contribution in [3.8, 4) is 16.6 Å². The van der Waals surface area contributed by atoms with Gasteiger partial charge in [-0.05, 0) is 35.6 Å². The minimum absolute atomic E-state index is 0.0650. The first-order valence-electron chi connectivity index (χ1n) is 9.09. The van der Waals surface area contributed by atoms with Crippen molar-refractivity contribution >= 4 is 21.4 Å². The van der Waals surface area contributed by atoms with E-state index in [1.54, 1.807) is 24.3 Å². The number of hydrogen-bond acceptors (Lipinski definition) is 3. The molecule has 0 fully saturated rings. The van der Waals surface area contributed by atoms with Gasteiger partial charge >= 0.3 is 6.18 Å². The fourth-order valence-corrected chi connectivity index (χ4v) is 4.74. The standard InChI is InChI=1S/C23H15F3N2OS/c1-14-16-9-5-6-10-20(16)30-21(14)19-11-18(23(24,25)26)17(12-27)22(29)28(19)13-15-7-3-2-4-8-15/h2-11H,13H2,1H3. The van der Waals surface area contributed by atoms with E-state index in [2.05, 4.69) is 0 Å². The zero-order valence-electron chi connectivity index (χ0n) is 15.8. The van der Waals surface area contributed by atoms with Crippen LogP contribution in [0.2, 0.25) is 0 Å². The summed E-state index contributed by atoms with van der Waals surface area (Å²) in [7, 11) is 0. The van der Waals surface area contributed by atoms with Gasteiger partial charge < -0.3 is 4.57 Å². The number of hydrogen-bond donors (Lipinski definition) is 0. The number of nitriles is 1. The van der Waals surface area contributed by atoms with Gasteiger partial charge in [-0.25, -0.2) is 0 Å². The predicted molar refractivity (Wildman–Crippen MR) is 112 cm³/mol. The van der Waals surface area contributed by atoms with Gasteiger partial charge in [0.2, 0.25) is 0 Å². The third kappa shape index (κ3) is 3.40. The van der Waals surface area contributed by atoms with Crippen molar-refractivity contribution in [2.24, 2.45) is 0 Å². The Bertz CT molecular complexity index is 1350. The minimum Gasteiger partial charge on any atom is -0.302 e. The number of aryl methyl sites for hydroxylation is 1. The van der Waals surface area contributed by atoms with E-state index in [4.69, 9.17) is 0 Å². The van der Waals surface area contributed by atoms with Gasteiger partial charge in [0.1, 0.15) is 11.6 Å². The van der Waals surface area contributed by atoms with Gasteiger partial charge in [-0.2, -0.15) is 18.4 Å². The van der Waals surface area contributed by atoms with Crippen LogP contribution in [0.25, 0.3) is 20.7 Å². The first kappa shape index (κ1) is 19.9. The molecule has 0 aliphatic carbocycles. The molecular weight excluding hydrogens is 409 g/mol. The molecule has 0 radical (unpaired) electrons. The lowest BCUT2D eigenvalue weighted by Gasteiger charge is -2.17. The summed E-state index contributed by atoms with van der Waals surface area (Å²) in [6.45, 7) is 1.90. The average Bonchev–Trinajstić information content (AvgIpc) is 3.06. The maximum Gasteiger partial charge on any atom is 0.417 e. The second-order valence-corrected chi connectivity index (χ2v) is 7.91. The van der Waals surface area contributed by atoms with Crippen molar-refractivity contribution in [3.05, 3.63) is 93.3 Å². The highest BCUT2D eigenvalue weighted by molar-refractivity contribution is 7.22. The van der Waals surface area contributed by atoms with E-state index in [0.29, 0.717) is 4.88 Å². The minimum atomic E-state index is -4.81. The number of nitrogens with zero attached hydrogens (tertiary/aromatic N) is 2. The number of rotatable bonds is 3. The molecule has 0 N–H and O–H groups in total. The average molecular weight is 424 g/mol. The Morgan fingerprint density at radius 1 is 1.07 bits per heavy atom. The van der Waals surface area contributed by atoms with Gasteiger partial charge in [-0.15, -0.1) is 11.3 Å². The summed E-state index contributed by atoms with van der Waals surface area (Å²) in [5.74, 6) is 0. The van der Waals surface area contributed by atoms with Gasteiger partial charge in [0.25, 0.3) is 5.56 Å². The van der Waals surface area contributed by atoms with Crippen LogP contribution in [-0.2, 0) is 12.7 Å². The molecule has 3 nitrogen and oxygen atoms in total. The van der Waals surface area contributed by atoms with Gasteiger partial charge in [0, 0.05) is 4.70 Å². The lowest BCUT2D eigenvalue weighted by molar-refractivity contribution is -0.137. The van der Waals surface area contributed by atoms with Crippen LogP contribution in [0.3, 0.4) is 0 Å². The molecular formula is C23H15F3N2OS. The Kier molecular flexibility index (Phi) is 4.96. The van der Waals surface area contributed by atoms with Crippen LogP contribution < -0.4 is 5.56 Å². The van der Waals surface area contributed by atoms with E-state index < -0.39 is 22.9 Å². The van der Waals surface area contributed by atoms with Crippen molar-refractivity contribution in [2.75, 3.05) is 0 Å². The molecule has 0 aliphatic heterocycles. The molecule has 0 atom stereocenters. The normalized spacial score (nSPS) is 11.6. The maximum absolute atomic E-state index is 13.7.